The standard InChI is InChI=1S/C11H18N2O/c1-7(2)11(14)10(12)9-6-4-5-8(3)13-9/h4-7,10-11,14H,12H2,1-3H3. The molecule has 3 N–H and O–H groups in total. The van der Waals surface area contributed by atoms with Gasteiger partial charge in [0.1, 0.15) is 0 Å². The molecular weight excluding hydrogens is 176 g/mol. The van der Waals surface area contributed by atoms with E-state index in [1.807, 2.05) is 39.0 Å². The third kappa shape index (κ3) is 2.53. The average molecular weight is 194 g/mol. The molecule has 1 heterocycles. The molecule has 1 aromatic heterocycles. The molecule has 0 amide bonds. The van der Waals surface area contributed by atoms with Crippen LogP contribution in [0.15, 0.2) is 18.2 Å². The number of aryl methyl sites for hydroxylation is 1. The second-order valence-electron chi connectivity index (χ2n) is 3.96. The molecule has 0 aliphatic carbocycles. The molecule has 0 aliphatic rings. The number of nitrogens with zero attached hydrogens (tertiary/aromatic N) is 1. The highest BCUT2D eigenvalue weighted by atomic mass is 16.3. The number of aliphatic hydroxyl groups excluding tert-OH is 1. The second-order valence-corrected chi connectivity index (χ2v) is 3.96. The van der Waals surface area contributed by atoms with Crippen LogP contribution in [0.4, 0.5) is 0 Å². The molecule has 0 fully saturated rings. The molecule has 0 aliphatic heterocycles. The van der Waals surface area contributed by atoms with E-state index in [4.69, 9.17) is 5.73 Å². The summed E-state index contributed by atoms with van der Waals surface area (Å²) in [5, 5.41) is 9.77. The zero-order valence-corrected chi connectivity index (χ0v) is 8.94. The lowest BCUT2D eigenvalue weighted by Gasteiger charge is -2.21. The Labute approximate surface area is 85.0 Å². The Balaban J connectivity index is 2.83. The monoisotopic (exact) mass is 194 g/mol. The van der Waals surface area contributed by atoms with Gasteiger partial charge < -0.3 is 10.8 Å². The second kappa shape index (κ2) is 4.53. The topological polar surface area (TPSA) is 59.1 Å². The van der Waals surface area contributed by atoms with E-state index in [-0.39, 0.29) is 5.92 Å². The van der Waals surface area contributed by atoms with E-state index >= 15 is 0 Å². The molecular formula is C11H18N2O. The van der Waals surface area contributed by atoms with Gasteiger partial charge in [0.05, 0.1) is 17.8 Å². The molecule has 0 bridgehead atoms. The molecule has 3 nitrogen and oxygen atoms in total. The zero-order chi connectivity index (χ0) is 10.7. The molecule has 1 aromatic rings. The summed E-state index contributed by atoms with van der Waals surface area (Å²) in [6.45, 7) is 5.80. The van der Waals surface area contributed by atoms with Crippen molar-refractivity contribution in [3.63, 3.8) is 0 Å². The number of rotatable bonds is 3. The van der Waals surface area contributed by atoms with Crippen LogP contribution in [0, 0.1) is 12.8 Å². The summed E-state index contributed by atoms with van der Waals surface area (Å²) in [5.74, 6) is 0.146. The van der Waals surface area contributed by atoms with Gasteiger partial charge in [-0.05, 0) is 25.0 Å². The third-order valence-corrected chi connectivity index (χ3v) is 2.30. The van der Waals surface area contributed by atoms with Crippen molar-refractivity contribution in [3.8, 4) is 0 Å². The van der Waals surface area contributed by atoms with E-state index in [0.29, 0.717) is 0 Å². The van der Waals surface area contributed by atoms with E-state index in [0.717, 1.165) is 11.4 Å². The number of nitrogens with two attached hydrogens (primary N) is 1. The van der Waals surface area contributed by atoms with Crippen LogP contribution >= 0.6 is 0 Å². The first-order chi connectivity index (χ1) is 6.52. The maximum atomic E-state index is 9.77. The highest BCUT2D eigenvalue weighted by Gasteiger charge is 2.20. The van der Waals surface area contributed by atoms with Gasteiger partial charge in [-0.25, -0.2) is 0 Å². The van der Waals surface area contributed by atoms with Crippen LogP contribution < -0.4 is 5.73 Å². The smallest absolute Gasteiger partial charge is 0.0771 e. The van der Waals surface area contributed by atoms with Gasteiger partial charge >= 0.3 is 0 Å². The maximum absolute atomic E-state index is 9.77. The van der Waals surface area contributed by atoms with Crippen LogP contribution in [0.5, 0.6) is 0 Å². The Bertz CT molecular complexity index is 299. The minimum absolute atomic E-state index is 0.146. The molecule has 2 atom stereocenters. The Morgan fingerprint density at radius 2 is 2.00 bits per heavy atom. The van der Waals surface area contributed by atoms with Gasteiger partial charge in [-0.1, -0.05) is 19.9 Å². The summed E-state index contributed by atoms with van der Waals surface area (Å²) in [5.41, 5.74) is 7.58. The summed E-state index contributed by atoms with van der Waals surface area (Å²) in [7, 11) is 0. The van der Waals surface area contributed by atoms with E-state index < -0.39 is 12.1 Å². The van der Waals surface area contributed by atoms with Gasteiger partial charge in [0.15, 0.2) is 0 Å². The van der Waals surface area contributed by atoms with Gasteiger partial charge in [-0.3, -0.25) is 4.98 Å². The van der Waals surface area contributed by atoms with Crippen molar-refractivity contribution >= 4 is 0 Å². The van der Waals surface area contributed by atoms with Gasteiger partial charge in [-0.2, -0.15) is 0 Å². The molecule has 0 saturated carbocycles. The average Bonchev–Trinajstić information content (AvgIpc) is 2.15. The van der Waals surface area contributed by atoms with Gasteiger partial charge in [-0.15, -0.1) is 0 Å². The van der Waals surface area contributed by atoms with Gasteiger partial charge in [0, 0.05) is 5.69 Å². The summed E-state index contributed by atoms with van der Waals surface area (Å²) < 4.78 is 0. The van der Waals surface area contributed by atoms with Crippen molar-refractivity contribution in [1.82, 2.24) is 4.98 Å². The normalized spacial score (nSPS) is 15.6. The fourth-order valence-electron chi connectivity index (χ4n) is 1.34. The van der Waals surface area contributed by atoms with Crippen LogP contribution in [0.2, 0.25) is 0 Å². The molecule has 1 rings (SSSR count). The van der Waals surface area contributed by atoms with Crippen molar-refractivity contribution in [2.45, 2.75) is 32.9 Å². The molecule has 0 saturated heterocycles. The Hall–Kier alpha value is -0.930. The lowest BCUT2D eigenvalue weighted by Crippen LogP contribution is -2.31. The zero-order valence-electron chi connectivity index (χ0n) is 8.94. The van der Waals surface area contributed by atoms with Gasteiger partial charge in [0.2, 0.25) is 0 Å². The van der Waals surface area contributed by atoms with Crippen LogP contribution in [-0.2, 0) is 0 Å². The van der Waals surface area contributed by atoms with E-state index in [9.17, 15) is 5.11 Å². The number of hydrogen-bond acceptors (Lipinski definition) is 3. The number of aliphatic hydroxyl groups is 1. The Kier molecular flexibility index (Phi) is 3.61. The van der Waals surface area contributed by atoms with Crippen LogP contribution in [-0.4, -0.2) is 16.2 Å². The van der Waals surface area contributed by atoms with Crippen LogP contribution in [0.1, 0.15) is 31.3 Å². The summed E-state index contributed by atoms with van der Waals surface area (Å²) in [4.78, 5) is 4.29. The highest BCUT2D eigenvalue weighted by molar-refractivity contribution is 5.14. The number of pyridine rings is 1. The van der Waals surface area contributed by atoms with Crippen molar-refractivity contribution < 1.29 is 5.11 Å². The fourth-order valence-corrected chi connectivity index (χ4v) is 1.34. The predicted octanol–water partition coefficient (Wildman–Crippen LogP) is 1.41. The number of aromatic nitrogens is 1. The van der Waals surface area contributed by atoms with Crippen molar-refractivity contribution in [3.05, 3.63) is 29.6 Å². The number of hydrogen-bond donors (Lipinski definition) is 2. The third-order valence-electron chi connectivity index (χ3n) is 2.30. The lowest BCUT2D eigenvalue weighted by molar-refractivity contribution is 0.0965. The first-order valence-electron chi connectivity index (χ1n) is 4.89. The van der Waals surface area contributed by atoms with Crippen molar-refractivity contribution in [2.75, 3.05) is 0 Å². The van der Waals surface area contributed by atoms with E-state index in [2.05, 4.69) is 4.98 Å². The molecule has 3 heteroatoms. The predicted molar refractivity (Wildman–Crippen MR) is 56.7 cm³/mol. The van der Waals surface area contributed by atoms with Crippen LogP contribution in [0.3, 0.4) is 0 Å². The van der Waals surface area contributed by atoms with E-state index in [1.165, 1.54) is 0 Å². The summed E-state index contributed by atoms with van der Waals surface area (Å²) in [6.07, 6.45) is -0.538. The quantitative estimate of drug-likeness (QED) is 0.764. The minimum Gasteiger partial charge on any atom is -0.391 e. The first-order valence-corrected chi connectivity index (χ1v) is 4.89. The molecule has 78 valence electrons. The van der Waals surface area contributed by atoms with Crippen molar-refractivity contribution in [1.29, 1.82) is 0 Å². The van der Waals surface area contributed by atoms with E-state index in [1.54, 1.807) is 0 Å². The summed E-state index contributed by atoms with van der Waals surface area (Å²) >= 11 is 0. The highest BCUT2D eigenvalue weighted by Crippen LogP contribution is 2.17. The SMILES string of the molecule is Cc1cccc(C(N)C(O)C(C)C)n1. The Morgan fingerprint density at radius 3 is 2.50 bits per heavy atom. The largest absolute Gasteiger partial charge is 0.391 e. The minimum atomic E-state index is -0.538. The first kappa shape index (κ1) is 11.1. The molecule has 2 unspecified atom stereocenters. The maximum Gasteiger partial charge on any atom is 0.0771 e. The molecule has 0 aromatic carbocycles. The Morgan fingerprint density at radius 1 is 1.36 bits per heavy atom. The molecule has 0 spiro atoms. The fraction of sp³-hybridized carbons (Fsp3) is 0.545. The lowest BCUT2D eigenvalue weighted by atomic mass is 9.97. The van der Waals surface area contributed by atoms with Crippen LogP contribution in [0.25, 0.3) is 0 Å². The summed E-state index contributed by atoms with van der Waals surface area (Å²) in [6, 6.07) is 5.28. The molecule has 14 heavy (non-hydrogen) atoms. The molecule has 0 radical (unpaired) electrons. The van der Waals surface area contributed by atoms with Gasteiger partial charge in [0.25, 0.3) is 0 Å². The van der Waals surface area contributed by atoms with Crippen molar-refractivity contribution in [2.24, 2.45) is 11.7 Å².